The molecule has 0 N–H and O–H groups in total. The highest BCUT2D eigenvalue weighted by molar-refractivity contribution is 9.10. The number of hydrogen-bond acceptors (Lipinski definition) is 5. The van der Waals surface area contributed by atoms with Gasteiger partial charge in [-0.3, -0.25) is 9.69 Å². The highest BCUT2D eigenvalue weighted by Crippen LogP contribution is 2.21. The zero-order chi connectivity index (χ0) is 18.0. The van der Waals surface area contributed by atoms with E-state index >= 15 is 0 Å². The summed E-state index contributed by atoms with van der Waals surface area (Å²) < 4.78 is 7.69. The van der Waals surface area contributed by atoms with Crippen LogP contribution in [-0.4, -0.2) is 46.2 Å². The summed E-state index contributed by atoms with van der Waals surface area (Å²) in [6.45, 7) is 6.90. The van der Waals surface area contributed by atoms with Gasteiger partial charge < -0.3 is 9.30 Å². The van der Waals surface area contributed by atoms with Crippen molar-refractivity contribution in [2.75, 3.05) is 19.7 Å². The van der Waals surface area contributed by atoms with E-state index in [2.05, 4.69) is 32.7 Å². The van der Waals surface area contributed by atoms with Crippen molar-refractivity contribution in [1.29, 1.82) is 0 Å². The van der Waals surface area contributed by atoms with Crippen LogP contribution in [0.5, 0.6) is 0 Å². The zero-order valence-corrected chi connectivity index (χ0v) is 16.1. The van der Waals surface area contributed by atoms with Gasteiger partial charge in [0.05, 0.1) is 12.0 Å². The van der Waals surface area contributed by atoms with Crippen LogP contribution >= 0.6 is 15.9 Å². The molecule has 7 heteroatoms. The van der Waals surface area contributed by atoms with Crippen LogP contribution in [0.15, 0.2) is 27.7 Å². The average Bonchev–Trinajstić information content (AvgIpc) is 3.04. The molecule has 1 fully saturated rings. The lowest BCUT2D eigenvalue weighted by atomic mass is 10.1. The number of aromatic nitrogens is 2. The van der Waals surface area contributed by atoms with Crippen LogP contribution in [0.1, 0.15) is 37.0 Å². The van der Waals surface area contributed by atoms with E-state index in [9.17, 15) is 9.59 Å². The Morgan fingerprint density at radius 2 is 2.24 bits per heavy atom. The smallest absolute Gasteiger partial charge is 0.343 e. The Balaban J connectivity index is 2.11. The zero-order valence-electron chi connectivity index (χ0n) is 14.5. The molecule has 0 saturated carbocycles. The minimum atomic E-state index is -0.582. The molecular weight excluding hydrogens is 386 g/mol. The quantitative estimate of drug-likeness (QED) is 0.712. The number of esters is 1. The fraction of sp³-hybridized carbons (Fsp3) is 0.500. The maximum atomic E-state index is 12.7. The Bertz CT molecular complexity index is 849. The number of carbonyl (C=O) groups excluding carboxylic acids is 1. The number of hydrogen-bond donors (Lipinski definition) is 0. The Labute approximate surface area is 154 Å². The van der Waals surface area contributed by atoms with Gasteiger partial charge in [-0.25, -0.2) is 9.78 Å². The molecule has 6 nitrogen and oxygen atoms in total. The van der Waals surface area contributed by atoms with Crippen molar-refractivity contribution in [3.05, 3.63) is 38.7 Å². The van der Waals surface area contributed by atoms with Crippen molar-refractivity contribution in [2.45, 2.75) is 39.3 Å². The molecule has 1 aliphatic rings. The molecule has 0 spiro atoms. The number of pyridine rings is 2. The second-order valence-corrected chi connectivity index (χ2v) is 7.11. The largest absolute Gasteiger partial charge is 0.462 e. The van der Waals surface area contributed by atoms with Crippen LogP contribution in [0.2, 0.25) is 0 Å². The van der Waals surface area contributed by atoms with E-state index < -0.39 is 5.97 Å². The van der Waals surface area contributed by atoms with Gasteiger partial charge in [0.25, 0.3) is 0 Å². The lowest BCUT2D eigenvalue weighted by Crippen LogP contribution is -2.33. The van der Waals surface area contributed by atoms with E-state index in [0.29, 0.717) is 28.1 Å². The molecule has 0 aromatic carbocycles. The van der Waals surface area contributed by atoms with Gasteiger partial charge in [-0.05, 0) is 54.9 Å². The average molecular weight is 408 g/mol. The van der Waals surface area contributed by atoms with Crippen molar-refractivity contribution < 1.29 is 9.53 Å². The number of likely N-dealkylation sites (tertiary alicyclic amines) is 1. The number of fused-ring (bicyclic) bond motifs is 1. The van der Waals surface area contributed by atoms with Crippen molar-refractivity contribution in [2.24, 2.45) is 0 Å². The fourth-order valence-corrected chi connectivity index (χ4v) is 3.82. The van der Waals surface area contributed by atoms with Gasteiger partial charge in [0, 0.05) is 29.5 Å². The Hall–Kier alpha value is -1.73. The predicted molar refractivity (Wildman–Crippen MR) is 99.9 cm³/mol. The van der Waals surface area contributed by atoms with Gasteiger partial charge in [0.2, 0.25) is 5.43 Å². The molecule has 134 valence electrons. The first kappa shape index (κ1) is 18.1. The van der Waals surface area contributed by atoms with E-state index in [-0.39, 0.29) is 17.6 Å². The van der Waals surface area contributed by atoms with Crippen LogP contribution in [0.4, 0.5) is 0 Å². The number of rotatable bonds is 5. The first-order valence-corrected chi connectivity index (χ1v) is 9.44. The number of likely N-dealkylation sites (N-methyl/N-ethyl adjacent to an activating group) is 1. The summed E-state index contributed by atoms with van der Waals surface area (Å²) in [6, 6.07) is 2.10. The topological polar surface area (TPSA) is 64.4 Å². The summed E-state index contributed by atoms with van der Waals surface area (Å²) in [6.07, 6.45) is 5.55. The molecule has 1 saturated heterocycles. The van der Waals surface area contributed by atoms with Crippen molar-refractivity contribution >= 4 is 32.9 Å². The van der Waals surface area contributed by atoms with E-state index in [4.69, 9.17) is 4.74 Å². The maximum Gasteiger partial charge on any atom is 0.343 e. The van der Waals surface area contributed by atoms with E-state index in [0.717, 1.165) is 19.5 Å². The molecule has 0 bridgehead atoms. The summed E-state index contributed by atoms with van der Waals surface area (Å²) in [5.74, 6) is -0.582. The molecule has 1 unspecified atom stereocenters. The lowest BCUT2D eigenvalue weighted by molar-refractivity contribution is 0.0524. The van der Waals surface area contributed by atoms with Crippen LogP contribution in [-0.2, 0) is 11.3 Å². The number of ether oxygens (including phenoxy) is 1. The van der Waals surface area contributed by atoms with Crippen molar-refractivity contribution in [3.8, 4) is 0 Å². The van der Waals surface area contributed by atoms with Gasteiger partial charge in [0.15, 0.2) is 0 Å². The molecule has 0 amide bonds. The van der Waals surface area contributed by atoms with Crippen molar-refractivity contribution in [1.82, 2.24) is 14.5 Å². The highest BCUT2D eigenvalue weighted by Gasteiger charge is 2.25. The van der Waals surface area contributed by atoms with Gasteiger partial charge >= 0.3 is 5.97 Å². The highest BCUT2D eigenvalue weighted by atomic mass is 79.9. The molecule has 3 heterocycles. The number of halogens is 1. The van der Waals surface area contributed by atoms with Crippen LogP contribution in [0, 0.1) is 0 Å². The predicted octanol–water partition coefficient (Wildman–Crippen LogP) is 2.82. The van der Waals surface area contributed by atoms with E-state index in [1.165, 1.54) is 6.42 Å². The van der Waals surface area contributed by atoms with E-state index in [1.54, 1.807) is 25.4 Å². The van der Waals surface area contributed by atoms with Crippen LogP contribution in [0.25, 0.3) is 11.0 Å². The fourth-order valence-electron chi connectivity index (χ4n) is 3.49. The molecular formula is C18H22BrN3O3. The normalized spacial score (nSPS) is 18.0. The molecule has 3 rings (SSSR count). The Kier molecular flexibility index (Phi) is 5.54. The number of carbonyl (C=O) groups is 1. The number of nitrogens with zero attached hydrogens (tertiary/aromatic N) is 3. The maximum absolute atomic E-state index is 12.7. The van der Waals surface area contributed by atoms with Gasteiger partial charge in [-0.2, -0.15) is 0 Å². The van der Waals surface area contributed by atoms with Gasteiger partial charge in [0.1, 0.15) is 11.2 Å². The lowest BCUT2D eigenvalue weighted by Gasteiger charge is -2.24. The van der Waals surface area contributed by atoms with Crippen LogP contribution in [0.3, 0.4) is 0 Å². The summed E-state index contributed by atoms with van der Waals surface area (Å²) in [5, 5.41) is 0.431. The van der Waals surface area contributed by atoms with Gasteiger partial charge in [-0.15, -0.1) is 0 Å². The first-order chi connectivity index (χ1) is 12.0. The summed E-state index contributed by atoms with van der Waals surface area (Å²) >= 11 is 3.36. The van der Waals surface area contributed by atoms with Crippen LogP contribution < -0.4 is 5.43 Å². The third-order valence-electron chi connectivity index (χ3n) is 4.69. The molecule has 25 heavy (non-hydrogen) atoms. The minimum Gasteiger partial charge on any atom is -0.462 e. The summed E-state index contributed by atoms with van der Waals surface area (Å²) in [7, 11) is 0. The first-order valence-electron chi connectivity index (χ1n) is 8.65. The second kappa shape index (κ2) is 7.66. The third-order valence-corrected chi connectivity index (χ3v) is 5.12. The molecule has 2 aromatic heterocycles. The Morgan fingerprint density at radius 3 is 2.96 bits per heavy atom. The van der Waals surface area contributed by atoms with Gasteiger partial charge in [-0.1, -0.05) is 6.92 Å². The second-order valence-electron chi connectivity index (χ2n) is 6.19. The third kappa shape index (κ3) is 3.62. The molecule has 0 aliphatic carbocycles. The minimum absolute atomic E-state index is 0.0651. The molecule has 0 radical (unpaired) electrons. The summed E-state index contributed by atoms with van der Waals surface area (Å²) in [4.78, 5) is 31.8. The van der Waals surface area contributed by atoms with Crippen molar-refractivity contribution in [3.63, 3.8) is 0 Å². The Morgan fingerprint density at radius 1 is 1.44 bits per heavy atom. The molecule has 1 aliphatic heterocycles. The molecule has 1 atom stereocenters. The summed E-state index contributed by atoms with van der Waals surface area (Å²) in [5.41, 5.74) is 0.330. The molecule has 2 aromatic rings. The van der Waals surface area contributed by atoms with E-state index in [1.807, 2.05) is 4.57 Å². The SMILES string of the molecule is CCOC(=O)c1cn(CC2CCCN2CC)c2ncc(Br)cc2c1=O. The monoisotopic (exact) mass is 407 g/mol. The standard InChI is InChI=1S/C18H22BrN3O3/c1-3-21-7-5-6-13(21)10-22-11-15(18(24)25-4-2)16(23)14-8-12(19)9-20-17(14)22/h8-9,11,13H,3-7,10H2,1-2H3.